The monoisotopic (exact) mass is 250 g/mol. The van der Waals surface area contributed by atoms with Gasteiger partial charge in [-0.05, 0) is 26.7 Å². The summed E-state index contributed by atoms with van der Waals surface area (Å²) in [5.74, 6) is 0. The van der Waals surface area contributed by atoms with Crippen LogP contribution in [-0.4, -0.2) is 48.8 Å². The van der Waals surface area contributed by atoms with Crippen LogP contribution < -0.4 is 0 Å². The van der Waals surface area contributed by atoms with Gasteiger partial charge >= 0.3 is 0 Å². The highest BCUT2D eigenvalue weighted by Crippen LogP contribution is 1.95. The molecule has 0 aliphatic heterocycles. The van der Waals surface area contributed by atoms with Gasteiger partial charge in [-0.15, -0.1) is 0 Å². The average Bonchev–Trinajstić information content (AvgIpc) is 2.32. The molecule has 106 valence electrons. The van der Waals surface area contributed by atoms with Crippen LogP contribution in [0.2, 0.25) is 0 Å². The van der Waals surface area contributed by atoms with Gasteiger partial charge in [0, 0.05) is 13.2 Å². The summed E-state index contributed by atoms with van der Waals surface area (Å²) >= 11 is 0. The van der Waals surface area contributed by atoms with Gasteiger partial charge in [-0.1, -0.05) is 20.3 Å². The van der Waals surface area contributed by atoms with Gasteiger partial charge in [0.25, 0.3) is 0 Å². The lowest BCUT2D eigenvalue weighted by Crippen LogP contribution is -2.21. The molecule has 17 heavy (non-hydrogen) atoms. The summed E-state index contributed by atoms with van der Waals surface area (Å²) in [6, 6.07) is 0. The zero-order chi connectivity index (χ0) is 13.5. The Kier molecular flexibility index (Phi) is 17.9. The van der Waals surface area contributed by atoms with E-state index in [0.717, 1.165) is 25.9 Å². The van der Waals surface area contributed by atoms with Crippen molar-refractivity contribution in [2.45, 2.75) is 59.2 Å². The smallest absolute Gasteiger partial charge is 0.0781 e. The minimum atomic E-state index is -0.391. The molecule has 2 N–H and O–H groups in total. The van der Waals surface area contributed by atoms with Crippen LogP contribution in [0.1, 0.15) is 47.0 Å². The topological polar surface area (TPSA) is 58.9 Å². The number of aliphatic hydroxyl groups excluding tert-OH is 2. The van der Waals surface area contributed by atoms with Crippen molar-refractivity contribution >= 4 is 0 Å². The predicted molar refractivity (Wildman–Crippen MR) is 70.2 cm³/mol. The molecule has 0 bridgehead atoms. The number of unbranched alkanes of at least 4 members (excludes halogenated alkanes) is 1. The van der Waals surface area contributed by atoms with Crippen molar-refractivity contribution in [2.75, 3.05) is 26.4 Å². The molecular weight excluding hydrogens is 220 g/mol. The predicted octanol–water partition coefficient (Wildman–Crippen LogP) is 1.98. The van der Waals surface area contributed by atoms with E-state index >= 15 is 0 Å². The lowest BCUT2D eigenvalue weighted by atomic mass is 10.3. The van der Waals surface area contributed by atoms with Crippen molar-refractivity contribution in [1.29, 1.82) is 0 Å². The molecule has 0 fully saturated rings. The van der Waals surface area contributed by atoms with Crippen LogP contribution in [0.4, 0.5) is 0 Å². The van der Waals surface area contributed by atoms with Crippen LogP contribution in [0, 0.1) is 0 Å². The molecule has 0 aliphatic rings. The second-order valence-electron chi connectivity index (χ2n) is 4.15. The normalized spacial score (nSPS) is 13.8. The van der Waals surface area contributed by atoms with Gasteiger partial charge in [0.05, 0.1) is 25.4 Å². The Bertz CT molecular complexity index is 127. The highest BCUT2D eigenvalue weighted by atomic mass is 16.5. The first-order chi connectivity index (χ1) is 8.08. The quantitative estimate of drug-likeness (QED) is 0.614. The molecule has 0 aromatic carbocycles. The highest BCUT2D eigenvalue weighted by molar-refractivity contribution is 4.50. The van der Waals surface area contributed by atoms with E-state index in [1.54, 1.807) is 6.92 Å². The summed E-state index contributed by atoms with van der Waals surface area (Å²) in [6.07, 6.45) is 2.82. The molecule has 2 unspecified atom stereocenters. The number of ether oxygens (including phenoxy) is 2. The molecule has 0 rings (SSSR count). The zero-order valence-corrected chi connectivity index (χ0v) is 11.8. The number of hydrogen-bond donors (Lipinski definition) is 2. The van der Waals surface area contributed by atoms with Gasteiger partial charge in [-0.3, -0.25) is 0 Å². The van der Waals surface area contributed by atoms with E-state index in [0.29, 0.717) is 19.8 Å². The fraction of sp³-hybridized carbons (Fsp3) is 1.00. The van der Waals surface area contributed by atoms with E-state index in [1.807, 2.05) is 13.8 Å². The Balaban J connectivity index is 0. The van der Waals surface area contributed by atoms with Crippen molar-refractivity contribution in [2.24, 2.45) is 0 Å². The van der Waals surface area contributed by atoms with E-state index in [9.17, 15) is 0 Å². The first-order valence-electron chi connectivity index (χ1n) is 6.56. The third-order valence-electron chi connectivity index (χ3n) is 1.84. The minimum Gasteiger partial charge on any atom is -0.396 e. The molecule has 0 radical (unpaired) electrons. The largest absolute Gasteiger partial charge is 0.396 e. The van der Waals surface area contributed by atoms with E-state index < -0.39 is 6.10 Å². The molecular formula is C13H30O4. The molecule has 0 heterocycles. The minimum absolute atomic E-state index is 0.0754. The first-order valence-corrected chi connectivity index (χ1v) is 6.56. The summed E-state index contributed by atoms with van der Waals surface area (Å²) in [5.41, 5.74) is 0. The van der Waals surface area contributed by atoms with Gasteiger partial charge in [-0.2, -0.15) is 0 Å². The Labute approximate surface area is 106 Å². The lowest BCUT2D eigenvalue weighted by molar-refractivity contribution is -0.0367. The third kappa shape index (κ3) is 21.6. The van der Waals surface area contributed by atoms with Gasteiger partial charge < -0.3 is 19.7 Å². The number of hydrogen-bond acceptors (Lipinski definition) is 4. The molecule has 0 saturated heterocycles. The Morgan fingerprint density at radius 3 is 2.06 bits per heavy atom. The first kappa shape index (κ1) is 19.2. The maximum Gasteiger partial charge on any atom is 0.0781 e. The molecule has 0 aromatic heterocycles. The average molecular weight is 250 g/mol. The maximum atomic E-state index is 8.95. The SMILES string of the molecule is CCCCOCC(C)OCC(C)O.CCCO. The molecule has 4 heteroatoms. The summed E-state index contributed by atoms with van der Waals surface area (Å²) in [7, 11) is 0. The molecule has 0 spiro atoms. The standard InChI is InChI=1S/C10H22O3.C3H8O/c1-4-5-6-12-8-10(3)13-7-9(2)11;1-2-3-4/h9-11H,4-8H2,1-3H3;4H,2-3H2,1H3. The van der Waals surface area contributed by atoms with Crippen LogP contribution >= 0.6 is 0 Å². The molecule has 0 aliphatic carbocycles. The summed E-state index contributed by atoms with van der Waals surface area (Å²) in [6.45, 7) is 9.86. The fourth-order valence-electron chi connectivity index (χ4n) is 0.847. The highest BCUT2D eigenvalue weighted by Gasteiger charge is 2.03. The lowest BCUT2D eigenvalue weighted by Gasteiger charge is -2.14. The van der Waals surface area contributed by atoms with Crippen molar-refractivity contribution in [3.05, 3.63) is 0 Å². The van der Waals surface area contributed by atoms with Crippen molar-refractivity contribution in [3.8, 4) is 0 Å². The Hall–Kier alpha value is -0.160. The summed E-state index contributed by atoms with van der Waals surface area (Å²) < 4.78 is 10.7. The maximum absolute atomic E-state index is 8.95. The molecule has 0 amide bonds. The van der Waals surface area contributed by atoms with Crippen molar-refractivity contribution < 1.29 is 19.7 Å². The van der Waals surface area contributed by atoms with E-state index in [1.165, 1.54) is 0 Å². The Morgan fingerprint density at radius 1 is 1.06 bits per heavy atom. The van der Waals surface area contributed by atoms with Crippen LogP contribution in [0.5, 0.6) is 0 Å². The van der Waals surface area contributed by atoms with E-state index in [4.69, 9.17) is 19.7 Å². The third-order valence-corrected chi connectivity index (χ3v) is 1.84. The number of rotatable bonds is 9. The molecule has 0 aromatic rings. The number of aliphatic hydroxyl groups is 2. The van der Waals surface area contributed by atoms with Gasteiger partial charge in [0.2, 0.25) is 0 Å². The Morgan fingerprint density at radius 2 is 1.65 bits per heavy atom. The van der Waals surface area contributed by atoms with Gasteiger partial charge in [-0.25, -0.2) is 0 Å². The van der Waals surface area contributed by atoms with Crippen LogP contribution in [-0.2, 0) is 9.47 Å². The summed E-state index contributed by atoms with van der Waals surface area (Å²) in [4.78, 5) is 0. The second kappa shape index (κ2) is 15.8. The molecule has 4 nitrogen and oxygen atoms in total. The van der Waals surface area contributed by atoms with Gasteiger partial charge in [0.15, 0.2) is 0 Å². The van der Waals surface area contributed by atoms with E-state index in [2.05, 4.69) is 6.92 Å². The summed E-state index contributed by atoms with van der Waals surface area (Å²) in [5, 5.41) is 16.8. The van der Waals surface area contributed by atoms with Crippen molar-refractivity contribution in [3.63, 3.8) is 0 Å². The molecule has 0 saturated carbocycles. The molecule has 2 atom stereocenters. The second-order valence-corrected chi connectivity index (χ2v) is 4.15. The fourth-order valence-corrected chi connectivity index (χ4v) is 0.847. The van der Waals surface area contributed by atoms with Crippen LogP contribution in [0.25, 0.3) is 0 Å². The van der Waals surface area contributed by atoms with E-state index in [-0.39, 0.29) is 6.10 Å². The zero-order valence-electron chi connectivity index (χ0n) is 11.8. The van der Waals surface area contributed by atoms with Crippen LogP contribution in [0.15, 0.2) is 0 Å². The van der Waals surface area contributed by atoms with Crippen LogP contribution in [0.3, 0.4) is 0 Å². The van der Waals surface area contributed by atoms with Crippen molar-refractivity contribution in [1.82, 2.24) is 0 Å². The van der Waals surface area contributed by atoms with Gasteiger partial charge in [0.1, 0.15) is 0 Å².